The Bertz CT molecular complexity index is 1620. The molecule has 0 radical (unpaired) electrons. The second kappa shape index (κ2) is 8.98. The maximum Gasteiger partial charge on any atom is 0.332 e. The van der Waals surface area contributed by atoms with Crippen molar-refractivity contribution in [2.45, 2.75) is 39.3 Å². The second-order valence-corrected chi connectivity index (χ2v) is 8.86. The van der Waals surface area contributed by atoms with E-state index in [1.54, 1.807) is 23.9 Å². The fourth-order valence-corrected chi connectivity index (χ4v) is 4.66. The van der Waals surface area contributed by atoms with Gasteiger partial charge in [-0.15, -0.1) is 5.73 Å². The van der Waals surface area contributed by atoms with Crippen LogP contribution < -0.4 is 21.9 Å². The summed E-state index contributed by atoms with van der Waals surface area (Å²) < 4.78 is 4.27. The van der Waals surface area contributed by atoms with E-state index >= 15 is 0 Å². The van der Waals surface area contributed by atoms with E-state index in [0.29, 0.717) is 29.5 Å². The fraction of sp³-hybridized carbons (Fsp3) is 0.360. The van der Waals surface area contributed by atoms with E-state index in [4.69, 9.17) is 10.7 Å². The van der Waals surface area contributed by atoms with Crippen LogP contribution in [-0.4, -0.2) is 47.8 Å². The lowest BCUT2D eigenvalue weighted by atomic mass is 10.1. The third-order valence-corrected chi connectivity index (χ3v) is 6.41. The highest BCUT2D eigenvalue weighted by atomic mass is 16.2. The Morgan fingerprint density at radius 3 is 2.77 bits per heavy atom. The first-order chi connectivity index (χ1) is 16.9. The van der Waals surface area contributed by atoms with E-state index in [0.717, 1.165) is 36.0 Å². The van der Waals surface area contributed by atoms with Crippen molar-refractivity contribution in [1.82, 2.24) is 28.7 Å². The molecule has 2 N–H and O–H groups in total. The molecule has 0 aliphatic carbocycles. The number of aryl methyl sites for hydroxylation is 2. The van der Waals surface area contributed by atoms with Gasteiger partial charge in [0.15, 0.2) is 11.2 Å². The predicted molar refractivity (Wildman–Crippen MR) is 137 cm³/mol. The Morgan fingerprint density at radius 1 is 1.20 bits per heavy atom. The average Bonchev–Trinajstić information content (AvgIpc) is 3.24. The highest BCUT2D eigenvalue weighted by Gasteiger charge is 2.26. The summed E-state index contributed by atoms with van der Waals surface area (Å²) in [5, 5.41) is 0.936. The van der Waals surface area contributed by atoms with Crippen LogP contribution in [-0.2, 0) is 13.6 Å². The second-order valence-electron chi connectivity index (χ2n) is 8.86. The normalized spacial score (nSPS) is 16.0. The Labute approximate surface area is 201 Å². The van der Waals surface area contributed by atoms with Crippen LogP contribution >= 0.6 is 0 Å². The summed E-state index contributed by atoms with van der Waals surface area (Å²) in [4.78, 5) is 42.9. The van der Waals surface area contributed by atoms with Crippen LogP contribution in [0.1, 0.15) is 31.3 Å². The average molecular weight is 473 g/mol. The van der Waals surface area contributed by atoms with Gasteiger partial charge in [-0.2, -0.15) is 4.98 Å². The first-order valence-electron chi connectivity index (χ1n) is 11.7. The molecule has 0 bridgehead atoms. The molecular formula is C25H28N8O2. The third-order valence-electron chi connectivity index (χ3n) is 6.41. The molecule has 0 unspecified atom stereocenters. The van der Waals surface area contributed by atoms with Crippen LogP contribution in [0.5, 0.6) is 0 Å². The number of hydrogen-bond donors (Lipinski definition) is 1. The molecule has 0 spiro atoms. The van der Waals surface area contributed by atoms with Gasteiger partial charge in [0.25, 0.3) is 5.56 Å². The standard InChI is InChI=1S/C25H28N8O2/c1-4-5-13-32-21-22(29-24(32)31-12-8-9-17(26)14-31)30(3)25(35)33(23(21)34)15-20-27-16(2)18-10-6-7-11-19(18)28-20/h4,6-7,10-11,13,17H,8-9,12,14-15,26H2,1-3H3/t5?,17-/m1/s1. The first kappa shape index (κ1) is 22.8. The summed E-state index contributed by atoms with van der Waals surface area (Å²) in [5.41, 5.74) is 10.5. The van der Waals surface area contributed by atoms with Gasteiger partial charge >= 0.3 is 5.69 Å². The van der Waals surface area contributed by atoms with Crippen LogP contribution in [0.2, 0.25) is 0 Å². The highest BCUT2D eigenvalue weighted by molar-refractivity contribution is 5.80. The fourth-order valence-electron chi connectivity index (χ4n) is 4.66. The van der Waals surface area contributed by atoms with Crippen LogP contribution in [0.4, 0.5) is 5.95 Å². The van der Waals surface area contributed by atoms with Crippen LogP contribution in [0.3, 0.4) is 0 Å². The Hall–Kier alpha value is -4.01. The minimum Gasteiger partial charge on any atom is -0.340 e. The zero-order chi connectivity index (χ0) is 24.7. The van der Waals surface area contributed by atoms with E-state index < -0.39 is 11.2 Å². The minimum absolute atomic E-state index is 0.0245. The number of nitrogens with zero attached hydrogens (tertiary/aromatic N) is 7. The smallest absolute Gasteiger partial charge is 0.332 e. The van der Waals surface area contributed by atoms with Gasteiger partial charge in [0.05, 0.1) is 18.3 Å². The highest BCUT2D eigenvalue weighted by Crippen LogP contribution is 2.23. The molecule has 1 atom stereocenters. The maximum atomic E-state index is 13.7. The first-order valence-corrected chi connectivity index (χ1v) is 11.7. The number of nitrogens with two attached hydrogens (primary N) is 1. The van der Waals surface area contributed by atoms with Crippen molar-refractivity contribution >= 4 is 34.2 Å². The molecule has 1 aliphatic rings. The molecule has 4 aromatic rings. The Balaban J connectivity index is 1.71. The van der Waals surface area contributed by atoms with Gasteiger partial charge in [-0.1, -0.05) is 18.2 Å². The van der Waals surface area contributed by atoms with Crippen molar-refractivity contribution in [3.05, 3.63) is 68.4 Å². The molecule has 1 saturated heterocycles. The van der Waals surface area contributed by atoms with E-state index in [1.807, 2.05) is 38.1 Å². The summed E-state index contributed by atoms with van der Waals surface area (Å²) in [5.74, 6) is 0.976. The third kappa shape index (κ3) is 3.96. The van der Waals surface area contributed by atoms with Crippen molar-refractivity contribution < 1.29 is 0 Å². The number of para-hydroxylation sites is 1. The van der Waals surface area contributed by atoms with Gasteiger partial charge < -0.3 is 10.6 Å². The van der Waals surface area contributed by atoms with Crippen LogP contribution in [0.15, 0.2) is 45.7 Å². The predicted octanol–water partition coefficient (Wildman–Crippen LogP) is 1.77. The lowest BCUT2D eigenvalue weighted by Gasteiger charge is -2.31. The molecule has 180 valence electrons. The zero-order valence-corrected chi connectivity index (χ0v) is 20.1. The number of fused-ring (bicyclic) bond motifs is 2. The maximum absolute atomic E-state index is 13.7. The monoisotopic (exact) mass is 472 g/mol. The van der Waals surface area contributed by atoms with Gasteiger partial charge in [-0.05, 0) is 38.8 Å². The summed E-state index contributed by atoms with van der Waals surface area (Å²) in [7, 11) is 1.62. The molecule has 1 aliphatic heterocycles. The molecule has 3 aromatic heterocycles. The quantitative estimate of drug-likeness (QED) is 0.450. The molecule has 0 amide bonds. The molecule has 0 saturated carbocycles. The lowest BCUT2D eigenvalue weighted by Crippen LogP contribution is -2.43. The largest absolute Gasteiger partial charge is 0.340 e. The van der Waals surface area contributed by atoms with E-state index in [-0.39, 0.29) is 12.6 Å². The van der Waals surface area contributed by atoms with Gasteiger partial charge in [-0.25, -0.2) is 14.8 Å². The Kier molecular flexibility index (Phi) is 5.84. The van der Waals surface area contributed by atoms with Crippen molar-refractivity contribution in [2.75, 3.05) is 18.0 Å². The number of piperidine rings is 1. The van der Waals surface area contributed by atoms with E-state index in [1.165, 1.54) is 9.13 Å². The van der Waals surface area contributed by atoms with Crippen molar-refractivity contribution in [2.24, 2.45) is 12.8 Å². The number of allylic oxidation sites excluding steroid dienone is 1. The Morgan fingerprint density at radius 2 is 2.00 bits per heavy atom. The van der Waals surface area contributed by atoms with E-state index in [9.17, 15) is 9.59 Å². The lowest BCUT2D eigenvalue weighted by molar-refractivity contribution is 0.499. The number of anilines is 1. The van der Waals surface area contributed by atoms with Gasteiger partial charge in [0.1, 0.15) is 5.82 Å². The van der Waals surface area contributed by atoms with Crippen LogP contribution in [0, 0.1) is 6.92 Å². The molecule has 10 heteroatoms. The van der Waals surface area contributed by atoms with Crippen molar-refractivity contribution in [3.8, 4) is 0 Å². The van der Waals surface area contributed by atoms with Gasteiger partial charge in [0, 0.05) is 37.3 Å². The molecular weight excluding hydrogens is 444 g/mol. The van der Waals surface area contributed by atoms with Gasteiger partial charge in [-0.3, -0.25) is 18.5 Å². The van der Waals surface area contributed by atoms with Crippen molar-refractivity contribution in [3.63, 3.8) is 0 Å². The molecule has 5 rings (SSSR count). The summed E-state index contributed by atoms with van der Waals surface area (Å²) in [6, 6.07) is 7.70. The number of benzene rings is 1. The zero-order valence-electron chi connectivity index (χ0n) is 20.1. The number of aromatic nitrogens is 6. The number of imidazole rings is 1. The number of hydrogen-bond acceptors (Lipinski definition) is 7. The SMILES string of the molecule is CC=C=Cn1c(N2CCC[C@@H](N)C2)nc2c1c(=O)n(Cc1nc(C)c3ccccc3n1)c(=O)n2C. The van der Waals surface area contributed by atoms with Crippen LogP contribution in [0.25, 0.3) is 28.3 Å². The molecule has 10 nitrogen and oxygen atoms in total. The van der Waals surface area contributed by atoms with Gasteiger partial charge in [0.2, 0.25) is 5.95 Å². The molecule has 4 heterocycles. The summed E-state index contributed by atoms with van der Waals surface area (Å²) in [6.45, 7) is 5.09. The topological polar surface area (TPSA) is 117 Å². The molecule has 1 aromatic carbocycles. The van der Waals surface area contributed by atoms with Crippen molar-refractivity contribution in [1.29, 1.82) is 0 Å². The molecule has 1 fully saturated rings. The minimum atomic E-state index is -0.474. The molecule has 35 heavy (non-hydrogen) atoms. The summed E-state index contributed by atoms with van der Waals surface area (Å²) in [6.07, 6.45) is 5.30. The van der Waals surface area contributed by atoms with E-state index in [2.05, 4.69) is 20.6 Å². The number of rotatable bonds is 4. The summed E-state index contributed by atoms with van der Waals surface area (Å²) >= 11 is 0.